The second-order valence-electron chi connectivity index (χ2n) is 11.3. The predicted octanol–water partition coefficient (Wildman–Crippen LogP) is 4.65. The lowest BCUT2D eigenvalue weighted by molar-refractivity contribution is -0.384. The highest BCUT2D eigenvalue weighted by atomic mass is 16.6. The zero-order chi connectivity index (χ0) is 33.2. The predicted molar refractivity (Wildman–Crippen MR) is 166 cm³/mol. The summed E-state index contributed by atoms with van der Waals surface area (Å²) in [5.41, 5.74) is -0.000249. The monoisotopic (exact) mass is 624 g/mol. The fourth-order valence-corrected chi connectivity index (χ4v) is 6.44. The van der Waals surface area contributed by atoms with Gasteiger partial charge in [0.2, 0.25) is 0 Å². The Hall–Kier alpha value is -5.60. The first kappa shape index (κ1) is 30.4. The maximum atomic E-state index is 13.8. The minimum atomic E-state index is -0.910. The Kier molecular flexibility index (Phi) is 7.33. The van der Waals surface area contributed by atoms with Crippen LogP contribution in [0.25, 0.3) is 21.5 Å². The molecule has 0 spiro atoms. The van der Waals surface area contributed by atoms with Crippen molar-refractivity contribution in [1.29, 1.82) is 0 Å². The number of carbonyl (C=O) groups is 4. The van der Waals surface area contributed by atoms with E-state index in [0.29, 0.717) is 28.0 Å². The second kappa shape index (κ2) is 11.1. The van der Waals surface area contributed by atoms with E-state index in [-0.39, 0.29) is 33.6 Å². The largest absolute Gasteiger partial charge is 0.281 e. The summed E-state index contributed by atoms with van der Waals surface area (Å²) in [4.78, 5) is 80.6. The number of non-ortho nitro benzene ring substituents is 2. The zero-order valence-electron chi connectivity index (χ0n) is 25.2. The van der Waals surface area contributed by atoms with Gasteiger partial charge in [-0.3, -0.25) is 59.4 Å². The van der Waals surface area contributed by atoms with E-state index in [0.717, 1.165) is 9.80 Å². The van der Waals surface area contributed by atoms with Crippen molar-refractivity contribution >= 4 is 56.5 Å². The Labute approximate surface area is 261 Å². The molecule has 0 saturated heterocycles. The number of nitrogens with zero attached hydrogens (tertiary/aromatic N) is 5. The Morgan fingerprint density at radius 2 is 1.15 bits per heavy atom. The van der Waals surface area contributed by atoms with Gasteiger partial charge in [-0.2, -0.15) is 0 Å². The first-order chi connectivity index (χ1) is 21.8. The lowest BCUT2D eigenvalue weighted by Crippen LogP contribution is -2.61. The molecule has 14 heteroatoms. The molecule has 1 N–H and O–H groups in total. The SMILES string of the molecule is CCC(NC(C)N1C(=O)c2cccc3cc([N+](=O)[O-])cc(c23)C1=O)N(C)C(C)N1C(=O)c2cccc3cc([N+](=O)[O-])cc(c23)C1=O. The third-order valence-corrected chi connectivity index (χ3v) is 8.80. The third kappa shape index (κ3) is 4.57. The number of nitrogens with one attached hydrogen (secondary N) is 1. The van der Waals surface area contributed by atoms with Crippen molar-refractivity contribution in [3.63, 3.8) is 0 Å². The first-order valence-corrected chi connectivity index (χ1v) is 14.5. The first-order valence-electron chi connectivity index (χ1n) is 14.5. The standard InChI is InChI=1S/C32H28N6O8/c1-5-26(33-16(2)35-29(39)22-10-6-8-18-12-20(37(43)44)14-24(27(18)22)31(35)41)34(4)17(3)36-30(40)23-11-7-9-19-13-21(38(45)46)15-25(28(19)23)32(36)42/h6-17,26,33H,5H2,1-4H3. The molecule has 14 nitrogen and oxygen atoms in total. The molecule has 46 heavy (non-hydrogen) atoms. The van der Waals surface area contributed by atoms with Crippen LogP contribution in [0.2, 0.25) is 0 Å². The molecule has 2 aliphatic heterocycles. The summed E-state index contributed by atoms with van der Waals surface area (Å²) in [7, 11) is 1.67. The van der Waals surface area contributed by atoms with Gasteiger partial charge in [0.05, 0.1) is 39.5 Å². The number of amides is 4. The highest BCUT2D eigenvalue weighted by molar-refractivity contribution is 6.27. The molecule has 3 unspecified atom stereocenters. The molecular weight excluding hydrogens is 596 g/mol. The van der Waals surface area contributed by atoms with Crippen LogP contribution in [0.15, 0.2) is 60.7 Å². The van der Waals surface area contributed by atoms with E-state index in [1.165, 1.54) is 24.3 Å². The Morgan fingerprint density at radius 3 is 1.61 bits per heavy atom. The van der Waals surface area contributed by atoms with Gasteiger partial charge in [-0.05, 0) is 50.2 Å². The Morgan fingerprint density at radius 1 is 0.717 bits per heavy atom. The molecule has 2 heterocycles. The molecular formula is C32H28N6O8. The van der Waals surface area contributed by atoms with E-state index in [2.05, 4.69) is 5.32 Å². The molecule has 0 saturated carbocycles. The van der Waals surface area contributed by atoms with Crippen molar-refractivity contribution < 1.29 is 29.0 Å². The Balaban J connectivity index is 1.29. The van der Waals surface area contributed by atoms with Gasteiger partial charge in [0.15, 0.2) is 0 Å². The maximum absolute atomic E-state index is 13.8. The van der Waals surface area contributed by atoms with E-state index in [1.807, 2.05) is 6.92 Å². The van der Waals surface area contributed by atoms with Crippen LogP contribution in [-0.2, 0) is 0 Å². The topological polar surface area (TPSA) is 176 Å². The van der Waals surface area contributed by atoms with Crippen LogP contribution in [0.1, 0.15) is 68.6 Å². The van der Waals surface area contributed by atoms with Crippen molar-refractivity contribution in [2.45, 2.75) is 45.7 Å². The van der Waals surface area contributed by atoms with Gasteiger partial charge in [-0.25, -0.2) is 0 Å². The van der Waals surface area contributed by atoms with Crippen LogP contribution in [0.3, 0.4) is 0 Å². The zero-order valence-corrected chi connectivity index (χ0v) is 25.2. The molecule has 4 amide bonds. The molecule has 0 radical (unpaired) electrons. The van der Waals surface area contributed by atoms with Crippen LogP contribution in [-0.4, -0.2) is 73.7 Å². The van der Waals surface area contributed by atoms with Gasteiger partial charge in [0.25, 0.3) is 35.0 Å². The summed E-state index contributed by atoms with van der Waals surface area (Å²) in [5.74, 6) is -2.52. The Bertz CT molecular complexity index is 2040. The summed E-state index contributed by atoms with van der Waals surface area (Å²) in [6.07, 6.45) is -1.95. The molecule has 2 aliphatic rings. The number of carbonyl (C=O) groups excluding carboxylic acids is 4. The smallest absolute Gasteiger partial charge is 0.270 e. The van der Waals surface area contributed by atoms with Gasteiger partial charge in [0, 0.05) is 46.2 Å². The van der Waals surface area contributed by atoms with Crippen molar-refractivity contribution in [1.82, 2.24) is 20.0 Å². The van der Waals surface area contributed by atoms with Gasteiger partial charge in [-0.15, -0.1) is 0 Å². The number of imide groups is 2. The fraction of sp³-hybridized carbons (Fsp3) is 0.250. The summed E-state index contributed by atoms with van der Waals surface area (Å²) < 4.78 is 0. The normalized spacial score (nSPS) is 16.4. The quantitative estimate of drug-likeness (QED) is 0.119. The summed E-state index contributed by atoms with van der Waals surface area (Å²) >= 11 is 0. The molecule has 3 atom stereocenters. The van der Waals surface area contributed by atoms with Gasteiger partial charge < -0.3 is 0 Å². The average Bonchev–Trinajstić information content (AvgIpc) is 3.03. The van der Waals surface area contributed by atoms with E-state index in [1.54, 1.807) is 62.2 Å². The highest BCUT2D eigenvalue weighted by Gasteiger charge is 2.41. The third-order valence-electron chi connectivity index (χ3n) is 8.80. The van der Waals surface area contributed by atoms with Crippen LogP contribution in [0.5, 0.6) is 0 Å². The molecule has 0 bridgehead atoms. The minimum Gasteiger partial charge on any atom is -0.281 e. The van der Waals surface area contributed by atoms with Crippen molar-refractivity contribution in [3.05, 3.63) is 103 Å². The number of benzene rings is 4. The summed E-state index contributed by atoms with van der Waals surface area (Å²) in [6.45, 7) is 5.08. The molecule has 0 aromatic heterocycles. The summed E-state index contributed by atoms with van der Waals surface area (Å²) in [6, 6.07) is 14.5. The lowest BCUT2D eigenvalue weighted by atomic mass is 9.93. The molecule has 0 fully saturated rings. The molecule has 234 valence electrons. The number of hydrogen-bond donors (Lipinski definition) is 1. The van der Waals surface area contributed by atoms with Crippen molar-refractivity contribution in [2.75, 3.05) is 7.05 Å². The van der Waals surface area contributed by atoms with E-state index >= 15 is 0 Å². The average molecular weight is 625 g/mol. The molecule has 6 rings (SSSR count). The fourth-order valence-electron chi connectivity index (χ4n) is 6.44. The summed E-state index contributed by atoms with van der Waals surface area (Å²) in [5, 5.41) is 27.9. The van der Waals surface area contributed by atoms with Gasteiger partial charge >= 0.3 is 0 Å². The van der Waals surface area contributed by atoms with Crippen LogP contribution < -0.4 is 5.32 Å². The second-order valence-corrected chi connectivity index (χ2v) is 11.3. The van der Waals surface area contributed by atoms with Crippen LogP contribution in [0, 0.1) is 20.2 Å². The van der Waals surface area contributed by atoms with Gasteiger partial charge in [0.1, 0.15) is 0 Å². The maximum Gasteiger partial charge on any atom is 0.270 e. The van der Waals surface area contributed by atoms with E-state index in [4.69, 9.17) is 0 Å². The minimum absolute atomic E-state index is 0.0364. The lowest BCUT2D eigenvalue weighted by Gasteiger charge is -2.42. The molecule has 0 aliphatic carbocycles. The van der Waals surface area contributed by atoms with E-state index in [9.17, 15) is 39.4 Å². The number of rotatable bonds is 9. The molecule has 4 aromatic rings. The van der Waals surface area contributed by atoms with Crippen LogP contribution >= 0.6 is 0 Å². The number of hydrogen-bond acceptors (Lipinski definition) is 10. The van der Waals surface area contributed by atoms with Crippen LogP contribution in [0.4, 0.5) is 11.4 Å². The van der Waals surface area contributed by atoms with Gasteiger partial charge in [-0.1, -0.05) is 31.2 Å². The van der Waals surface area contributed by atoms with Crippen molar-refractivity contribution in [3.8, 4) is 0 Å². The van der Waals surface area contributed by atoms with E-state index < -0.39 is 52.0 Å². The number of nitro benzene ring substituents is 2. The van der Waals surface area contributed by atoms with Crippen molar-refractivity contribution in [2.24, 2.45) is 0 Å². The molecule has 4 aromatic carbocycles. The highest BCUT2D eigenvalue weighted by Crippen LogP contribution is 2.36. The number of nitro groups is 2.